The molecule has 1 aliphatic rings. The van der Waals surface area contributed by atoms with Crippen LogP contribution in [0.1, 0.15) is 12.8 Å². The molecular weight excluding hydrogens is 178 g/mol. The Balaban J connectivity index is 2.09. The van der Waals surface area contributed by atoms with Crippen molar-refractivity contribution < 1.29 is 9.47 Å². The summed E-state index contributed by atoms with van der Waals surface area (Å²) < 4.78 is 10.8. The van der Waals surface area contributed by atoms with Crippen LogP contribution in [0.4, 0.5) is 5.69 Å². The van der Waals surface area contributed by atoms with Crippen molar-refractivity contribution in [3.05, 3.63) is 18.2 Å². The summed E-state index contributed by atoms with van der Waals surface area (Å²) in [5.41, 5.74) is 6.37. The van der Waals surface area contributed by atoms with Gasteiger partial charge in [0.25, 0.3) is 0 Å². The van der Waals surface area contributed by atoms with Gasteiger partial charge in [0.1, 0.15) is 0 Å². The molecule has 2 N–H and O–H groups in total. The number of hydrogen-bond donors (Lipinski definition) is 1. The molecule has 1 saturated carbocycles. The number of para-hydroxylation sites is 1. The van der Waals surface area contributed by atoms with Gasteiger partial charge in [-0.1, -0.05) is 6.07 Å². The first-order valence-electron chi connectivity index (χ1n) is 4.86. The van der Waals surface area contributed by atoms with Crippen molar-refractivity contribution in [1.82, 2.24) is 0 Å². The number of methoxy groups -OCH3 is 1. The first kappa shape index (κ1) is 9.19. The molecule has 0 atom stereocenters. The molecule has 0 radical (unpaired) electrons. The van der Waals surface area contributed by atoms with Gasteiger partial charge in [-0.05, 0) is 30.9 Å². The predicted octanol–water partition coefficient (Wildman–Crippen LogP) is 2.07. The molecule has 0 bridgehead atoms. The molecule has 1 aliphatic carbocycles. The van der Waals surface area contributed by atoms with E-state index in [1.54, 1.807) is 7.11 Å². The van der Waals surface area contributed by atoms with Crippen LogP contribution < -0.4 is 15.2 Å². The molecule has 0 aromatic heterocycles. The SMILES string of the molecule is COc1c(N)cccc1OCC1CC1. The third kappa shape index (κ3) is 1.92. The maximum absolute atomic E-state index is 5.75. The van der Waals surface area contributed by atoms with E-state index in [-0.39, 0.29) is 0 Å². The van der Waals surface area contributed by atoms with E-state index in [0.29, 0.717) is 11.4 Å². The van der Waals surface area contributed by atoms with Gasteiger partial charge >= 0.3 is 0 Å². The molecule has 1 aromatic carbocycles. The van der Waals surface area contributed by atoms with Crippen molar-refractivity contribution in [1.29, 1.82) is 0 Å². The molecular formula is C11H15NO2. The van der Waals surface area contributed by atoms with E-state index >= 15 is 0 Å². The lowest BCUT2D eigenvalue weighted by atomic mass is 10.3. The topological polar surface area (TPSA) is 44.5 Å². The van der Waals surface area contributed by atoms with E-state index in [4.69, 9.17) is 15.2 Å². The van der Waals surface area contributed by atoms with E-state index < -0.39 is 0 Å². The molecule has 3 nitrogen and oxygen atoms in total. The Morgan fingerprint density at radius 2 is 2.21 bits per heavy atom. The second-order valence-corrected chi connectivity index (χ2v) is 3.63. The van der Waals surface area contributed by atoms with Gasteiger partial charge in [0.15, 0.2) is 11.5 Å². The lowest BCUT2D eigenvalue weighted by Crippen LogP contribution is -2.02. The zero-order chi connectivity index (χ0) is 9.97. The number of hydrogen-bond acceptors (Lipinski definition) is 3. The summed E-state index contributed by atoms with van der Waals surface area (Å²) in [6.45, 7) is 0.778. The van der Waals surface area contributed by atoms with Gasteiger partial charge in [0.05, 0.1) is 19.4 Å². The standard InChI is InChI=1S/C11H15NO2/c1-13-11-9(12)3-2-4-10(11)14-7-8-5-6-8/h2-4,8H,5-7,12H2,1H3. The molecule has 1 aromatic rings. The van der Waals surface area contributed by atoms with E-state index in [2.05, 4.69) is 0 Å². The molecule has 0 amide bonds. The number of benzene rings is 1. The van der Waals surface area contributed by atoms with Crippen molar-refractivity contribution in [3.63, 3.8) is 0 Å². The Morgan fingerprint density at radius 3 is 2.86 bits per heavy atom. The second-order valence-electron chi connectivity index (χ2n) is 3.63. The Hall–Kier alpha value is -1.38. The second kappa shape index (κ2) is 3.78. The normalized spacial score (nSPS) is 15.2. The summed E-state index contributed by atoms with van der Waals surface area (Å²) >= 11 is 0. The molecule has 1 fully saturated rings. The van der Waals surface area contributed by atoms with Crippen LogP contribution in [-0.2, 0) is 0 Å². The molecule has 76 valence electrons. The zero-order valence-electron chi connectivity index (χ0n) is 8.32. The van der Waals surface area contributed by atoms with Gasteiger partial charge in [-0.25, -0.2) is 0 Å². The molecule has 14 heavy (non-hydrogen) atoms. The molecule has 0 unspecified atom stereocenters. The summed E-state index contributed by atoms with van der Waals surface area (Å²) in [6, 6.07) is 5.57. The summed E-state index contributed by atoms with van der Waals surface area (Å²) in [6.07, 6.45) is 2.56. The van der Waals surface area contributed by atoms with Gasteiger partial charge < -0.3 is 15.2 Å². The van der Waals surface area contributed by atoms with Crippen LogP contribution in [0.25, 0.3) is 0 Å². The quantitative estimate of drug-likeness (QED) is 0.744. The zero-order valence-corrected chi connectivity index (χ0v) is 8.32. The largest absolute Gasteiger partial charge is 0.491 e. The third-order valence-electron chi connectivity index (χ3n) is 2.38. The average molecular weight is 193 g/mol. The molecule has 0 saturated heterocycles. The third-order valence-corrected chi connectivity index (χ3v) is 2.38. The molecule has 0 spiro atoms. The smallest absolute Gasteiger partial charge is 0.183 e. The highest BCUT2D eigenvalue weighted by atomic mass is 16.5. The Kier molecular flexibility index (Phi) is 2.48. The highest BCUT2D eigenvalue weighted by molar-refractivity contribution is 5.60. The Labute approximate surface area is 83.8 Å². The average Bonchev–Trinajstić information content (AvgIpc) is 2.98. The van der Waals surface area contributed by atoms with Crippen molar-refractivity contribution in [2.45, 2.75) is 12.8 Å². The first-order chi connectivity index (χ1) is 6.81. The van der Waals surface area contributed by atoms with Crippen LogP contribution in [0.2, 0.25) is 0 Å². The van der Waals surface area contributed by atoms with Gasteiger partial charge in [-0.15, -0.1) is 0 Å². The predicted molar refractivity (Wildman–Crippen MR) is 55.6 cm³/mol. The van der Waals surface area contributed by atoms with Crippen LogP contribution in [0, 0.1) is 5.92 Å². The molecule has 0 heterocycles. The van der Waals surface area contributed by atoms with Crippen molar-refractivity contribution in [3.8, 4) is 11.5 Å². The van der Waals surface area contributed by atoms with Crippen molar-refractivity contribution in [2.75, 3.05) is 19.5 Å². The number of nitrogens with two attached hydrogens (primary N) is 1. The minimum absolute atomic E-state index is 0.626. The maximum atomic E-state index is 5.75. The van der Waals surface area contributed by atoms with Gasteiger partial charge in [0.2, 0.25) is 0 Å². The minimum Gasteiger partial charge on any atom is -0.491 e. The maximum Gasteiger partial charge on any atom is 0.183 e. The minimum atomic E-state index is 0.626. The van der Waals surface area contributed by atoms with Crippen LogP contribution in [0.3, 0.4) is 0 Å². The highest BCUT2D eigenvalue weighted by Crippen LogP contribution is 2.35. The van der Waals surface area contributed by atoms with Gasteiger partial charge in [0, 0.05) is 0 Å². The van der Waals surface area contributed by atoms with E-state index in [1.807, 2.05) is 18.2 Å². The number of anilines is 1. The fourth-order valence-electron chi connectivity index (χ4n) is 1.36. The number of nitrogen functional groups attached to an aromatic ring is 1. The van der Waals surface area contributed by atoms with Crippen molar-refractivity contribution in [2.24, 2.45) is 5.92 Å². The first-order valence-corrected chi connectivity index (χ1v) is 4.86. The lowest BCUT2D eigenvalue weighted by molar-refractivity contribution is 0.281. The monoisotopic (exact) mass is 193 g/mol. The Morgan fingerprint density at radius 1 is 1.43 bits per heavy atom. The van der Waals surface area contributed by atoms with E-state index in [1.165, 1.54) is 12.8 Å². The van der Waals surface area contributed by atoms with Crippen LogP contribution in [0.5, 0.6) is 11.5 Å². The number of ether oxygens (including phenoxy) is 2. The fourth-order valence-corrected chi connectivity index (χ4v) is 1.36. The Bertz CT molecular complexity index is 321. The molecule has 3 heteroatoms. The van der Waals surface area contributed by atoms with Crippen LogP contribution in [0.15, 0.2) is 18.2 Å². The summed E-state index contributed by atoms with van der Waals surface area (Å²) in [7, 11) is 1.61. The van der Waals surface area contributed by atoms with E-state index in [0.717, 1.165) is 18.3 Å². The van der Waals surface area contributed by atoms with Gasteiger partial charge in [-0.3, -0.25) is 0 Å². The van der Waals surface area contributed by atoms with Crippen LogP contribution in [-0.4, -0.2) is 13.7 Å². The van der Waals surface area contributed by atoms with E-state index in [9.17, 15) is 0 Å². The molecule has 2 rings (SSSR count). The summed E-state index contributed by atoms with van der Waals surface area (Å²) in [5, 5.41) is 0. The molecule has 0 aliphatic heterocycles. The fraction of sp³-hybridized carbons (Fsp3) is 0.455. The van der Waals surface area contributed by atoms with Crippen LogP contribution >= 0.6 is 0 Å². The summed E-state index contributed by atoms with van der Waals surface area (Å²) in [5.74, 6) is 2.13. The number of rotatable bonds is 4. The lowest BCUT2D eigenvalue weighted by Gasteiger charge is -2.11. The van der Waals surface area contributed by atoms with Gasteiger partial charge in [-0.2, -0.15) is 0 Å². The van der Waals surface area contributed by atoms with Crippen molar-refractivity contribution >= 4 is 5.69 Å². The highest BCUT2D eigenvalue weighted by Gasteiger charge is 2.22. The summed E-state index contributed by atoms with van der Waals surface area (Å²) in [4.78, 5) is 0.